The summed E-state index contributed by atoms with van der Waals surface area (Å²) in [6.45, 7) is 5.74. The van der Waals surface area contributed by atoms with Crippen molar-refractivity contribution in [3.8, 4) is 5.75 Å². The second-order valence-electron chi connectivity index (χ2n) is 8.52. The maximum atomic E-state index is 13.5. The number of hydrogen-bond donors (Lipinski definition) is 0. The topological polar surface area (TPSA) is 38.8 Å². The standard InChI is InChI=1S/C23H26BrF2NO3/c1-22(2,3)30-21(28)27(17-12-23(25,26)13-17)14-18-19(24)10-7-11-20(18)29-15-16-8-5-4-6-9-16/h4-11,17H,12-15H2,1-3H3. The minimum atomic E-state index is -2.74. The first-order valence-electron chi connectivity index (χ1n) is 9.86. The fourth-order valence-corrected chi connectivity index (χ4v) is 3.72. The van der Waals surface area contributed by atoms with Crippen molar-refractivity contribution in [3.05, 3.63) is 64.1 Å². The van der Waals surface area contributed by atoms with Crippen LogP contribution in [0.25, 0.3) is 0 Å². The molecule has 7 heteroatoms. The molecule has 4 nitrogen and oxygen atoms in total. The Balaban J connectivity index is 1.81. The normalized spacial score (nSPS) is 15.9. The number of carbonyl (C=O) groups is 1. The summed E-state index contributed by atoms with van der Waals surface area (Å²) >= 11 is 3.52. The van der Waals surface area contributed by atoms with Crippen LogP contribution in [0.1, 0.15) is 44.7 Å². The highest BCUT2D eigenvalue weighted by Gasteiger charge is 2.50. The summed E-state index contributed by atoms with van der Waals surface area (Å²) in [5, 5.41) is 0. The van der Waals surface area contributed by atoms with Crippen LogP contribution < -0.4 is 4.74 Å². The van der Waals surface area contributed by atoms with Gasteiger partial charge in [-0.2, -0.15) is 0 Å². The van der Waals surface area contributed by atoms with Gasteiger partial charge in [0.15, 0.2) is 0 Å². The van der Waals surface area contributed by atoms with Gasteiger partial charge in [0, 0.05) is 28.9 Å². The summed E-state index contributed by atoms with van der Waals surface area (Å²) in [7, 11) is 0. The number of rotatable bonds is 6. The van der Waals surface area contributed by atoms with E-state index in [2.05, 4.69) is 15.9 Å². The summed E-state index contributed by atoms with van der Waals surface area (Å²) in [6, 6.07) is 14.6. The maximum absolute atomic E-state index is 13.5. The highest BCUT2D eigenvalue weighted by atomic mass is 79.9. The smallest absolute Gasteiger partial charge is 0.410 e. The van der Waals surface area contributed by atoms with E-state index in [4.69, 9.17) is 9.47 Å². The zero-order valence-corrected chi connectivity index (χ0v) is 18.9. The van der Waals surface area contributed by atoms with Crippen molar-refractivity contribution in [1.82, 2.24) is 4.90 Å². The van der Waals surface area contributed by atoms with E-state index < -0.39 is 23.7 Å². The van der Waals surface area contributed by atoms with E-state index in [0.717, 1.165) is 15.6 Å². The van der Waals surface area contributed by atoms with E-state index in [1.807, 2.05) is 48.5 Å². The summed E-state index contributed by atoms with van der Waals surface area (Å²) in [4.78, 5) is 14.2. The molecule has 1 aliphatic rings. The molecule has 30 heavy (non-hydrogen) atoms. The molecule has 1 fully saturated rings. The number of halogens is 3. The van der Waals surface area contributed by atoms with Crippen molar-refractivity contribution in [3.63, 3.8) is 0 Å². The predicted molar refractivity (Wildman–Crippen MR) is 115 cm³/mol. The SMILES string of the molecule is CC(C)(C)OC(=O)N(Cc1c(Br)cccc1OCc1ccccc1)C1CC(F)(F)C1. The Labute approximate surface area is 184 Å². The third kappa shape index (κ3) is 5.94. The van der Waals surface area contributed by atoms with Crippen molar-refractivity contribution < 1.29 is 23.0 Å². The molecule has 0 atom stereocenters. The molecule has 0 aliphatic heterocycles. The molecular formula is C23H26BrF2NO3. The van der Waals surface area contributed by atoms with Crippen LogP contribution >= 0.6 is 15.9 Å². The Bertz CT molecular complexity index is 876. The molecule has 0 unspecified atom stereocenters. The monoisotopic (exact) mass is 481 g/mol. The quantitative estimate of drug-likeness (QED) is 0.468. The van der Waals surface area contributed by atoms with Gasteiger partial charge in [0.05, 0.1) is 6.54 Å². The average molecular weight is 482 g/mol. The highest BCUT2D eigenvalue weighted by Crippen LogP contribution is 2.42. The lowest BCUT2D eigenvalue weighted by atomic mass is 9.86. The van der Waals surface area contributed by atoms with Gasteiger partial charge < -0.3 is 14.4 Å². The molecule has 0 bridgehead atoms. The fraction of sp³-hybridized carbons (Fsp3) is 0.435. The molecular weight excluding hydrogens is 456 g/mol. The van der Waals surface area contributed by atoms with Gasteiger partial charge in [-0.05, 0) is 38.5 Å². The number of ether oxygens (including phenoxy) is 2. The molecule has 1 amide bonds. The molecule has 0 N–H and O–H groups in total. The van der Waals surface area contributed by atoms with Crippen LogP contribution in [0, 0.1) is 0 Å². The largest absolute Gasteiger partial charge is 0.489 e. The number of alkyl halides is 2. The Morgan fingerprint density at radius 1 is 1.13 bits per heavy atom. The van der Waals surface area contributed by atoms with Crippen LogP contribution in [-0.4, -0.2) is 28.6 Å². The second kappa shape index (κ2) is 8.92. The van der Waals surface area contributed by atoms with E-state index >= 15 is 0 Å². The Kier molecular flexibility index (Phi) is 6.70. The molecule has 0 saturated heterocycles. The van der Waals surface area contributed by atoms with Crippen LogP contribution in [0.2, 0.25) is 0 Å². The maximum Gasteiger partial charge on any atom is 0.410 e. The van der Waals surface area contributed by atoms with E-state index in [1.165, 1.54) is 4.90 Å². The van der Waals surface area contributed by atoms with Crippen LogP contribution in [0.15, 0.2) is 53.0 Å². The van der Waals surface area contributed by atoms with Gasteiger partial charge >= 0.3 is 6.09 Å². The van der Waals surface area contributed by atoms with Gasteiger partial charge in [-0.15, -0.1) is 0 Å². The first-order chi connectivity index (χ1) is 14.0. The molecule has 162 valence electrons. The van der Waals surface area contributed by atoms with Crippen molar-refractivity contribution in [2.75, 3.05) is 0 Å². The van der Waals surface area contributed by atoms with E-state index in [-0.39, 0.29) is 19.4 Å². The van der Waals surface area contributed by atoms with E-state index in [9.17, 15) is 13.6 Å². The van der Waals surface area contributed by atoms with Crippen molar-refractivity contribution >= 4 is 22.0 Å². The second-order valence-corrected chi connectivity index (χ2v) is 9.37. The Hall–Kier alpha value is -2.15. The predicted octanol–water partition coefficient (Wildman–Crippen LogP) is 6.56. The lowest BCUT2D eigenvalue weighted by Crippen LogP contribution is -2.53. The molecule has 0 radical (unpaired) electrons. The molecule has 0 heterocycles. The summed E-state index contributed by atoms with van der Waals surface area (Å²) in [5.74, 6) is -2.15. The van der Waals surface area contributed by atoms with Crippen molar-refractivity contribution in [2.24, 2.45) is 0 Å². The third-order valence-electron chi connectivity index (χ3n) is 4.78. The van der Waals surface area contributed by atoms with Gasteiger partial charge in [0.25, 0.3) is 5.92 Å². The van der Waals surface area contributed by atoms with Gasteiger partial charge in [-0.3, -0.25) is 0 Å². The van der Waals surface area contributed by atoms with Gasteiger partial charge in [-0.1, -0.05) is 52.3 Å². The summed E-state index contributed by atoms with van der Waals surface area (Å²) in [6.07, 6.45) is -1.33. The van der Waals surface area contributed by atoms with Crippen molar-refractivity contribution in [2.45, 2.75) is 64.3 Å². The zero-order chi connectivity index (χ0) is 21.9. The molecule has 2 aromatic carbocycles. The Morgan fingerprint density at radius 2 is 1.80 bits per heavy atom. The number of hydrogen-bond acceptors (Lipinski definition) is 3. The van der Waals surface area contributed by atoms with Crippen LogP contribution in [0.4, 0.5) is 13.6 Å². The van der Waals surface area contributed by atoms with E-state index in [1.54, 1.807) is 20.8 Å². The number of amides is 1. The van der Waals surface area contributed by atoms with Gasteiger partial charge in [0.1, 0.15) is 18.0 Å². The fourth-order valence-electron chi connectivity index (χ4n) is 3.25. The zero-order valence-electron chi connectivity index (χ0n) is 17.3. The minimum absolute atomic E-state index is 0.112. The molecule has 1 saturated carbocycles. The first kappa shape index (κ1) is 22.5. The molecule has 0 spiro atoms. The third-order valence-corrected chi connectivity index (χ3v) is 5.52. The lowest BCUT2D eigenvalue weighted by Gasteiger charge is -2.43. The van der Waals surface area contributed by atoms with Crippen LogP contribution in [0.3, 0.4) is 0 Å². The summed E-state index contributed by atoms with van der Waals surface area (Å²) < 4.78 is 39.3. The van der Waals surface area contributed by atoms with Gasteiger partial charge in [-0.25, -0.2) is 13.6 Å². The van der Waals surface area contributed by atoms with E-state index in [0.29, 0.717) is 12.4 Å². The summed E-state index contributed by atoms with van der Waals surface area (Å²) in [5.41, 5.74) is 1.00. The molecule has 2 aromatic rings. The Morgan fingerprint density at radius 3 is 2.40 bits per heavy atom. The lowest BCUT2D eigenvalue weighted by molar-refractivity contribution is -0.124. The van der Waals surface area contributed by atoms with Crippen molar-refractivity contribution in [1.29, 1.82) is 0 Å². The highest BCUT2D eigenvalue weighted by molar-refractivity contribution is 9.10. The molecule has 0 aromatic heterocycles. The van der Waals surface area contributed by atoms with Gasteiger partial charge in [0.2, 0.25) is 0 Å². The number of nitrogens with zero attached hydrogens (tertiary/aromatic N) is 1. The minimum Gasteiger partial charge on any atom is -0.489 e. The van der Waals surface area contributed by atoms with Crippen LogP contribution in [-0.2, 0) is 17.9 Å². The first-order valence-corrected chi connectivity index (χ1v) is 10.6. The number of carbonyl (C=O) groups excluding carboxylic acids is 1. The average Bonchev–Trinajstić information content (AvgIpc) is 2.63. The number of benzene rings is 2. The van der Waals surface area contributed by atoms with Crippen LogP contribution in [0.5, 0.6) is 5.75 Å². The molecule has 1 aliphatic carbocycles. The molecule has 3 rings (SSSR count).